The quantitative estimate of drug-likeness (QED) is 0.732. The van der Waals surface area contributed by atoms with Crippen molar-refractivity contribution in [2.45, 2.75) is 6.92 Å². The molecule has 3 heterocycles. The Hall–Kier alpha value is -2.70. The van der Waals surface area contributed by atoms with Gasteiger partial charge in [0, 0.05) is 24.9 Å². The largest absolute Gasteiger partial charge is 0.476 e. The lowest BCUT2D eigenvalue weighted by Crippen LogP contribution is -1.94. The average molecular weight is 244 g/mol. The molecule has 0 aliphatic rings. The van der Waals surface area contributed by atoms with E-state index in [-0.39, 0.29) is 5.69 Å². The van der Waals surface area contributed by atoms with Gasteiger partial charge in [-0.1, -0.05) is 5.16 Å². The molecule has 0 bridgehead atoms. The minimum absolute atomic E-state index is 0.00329. The second-order valence-corrected chi connectivity index (χ2v) is 3.75. The molecule has 0 atom stereocenters. The van der Waals surface area contributed by atoms with E-state index in [2.05, 4.69) is 15.1 Å². The third-order valence-electron chi connectivity index (χ3n) is 2.46. The van der Waals surface area contributed by atoms with Gasteiger partial charge in [-0.15, -0.1) is 0 Å². The van der Waals surface area contributed by atoms with Gasteiger partial charge < -0.3 is 14.0 Å². The number of hydrogen-bond acceptors (Lipinski definition) is 5. The summed E-state index contributed by atoms with van der Waals surface area (Å²) < 4.78 is 6.51. The molecular weight excluding hydrogens is 236 g/mol. The highest BCUT2D eigenvalue weighted by Crippen LogP contribution is 2.17. The molecule has 0 fully saturated rings. The van der Waals surface area contributed by atoms with Gasteiger partial charge in [-0.2, -0.15) is 4.98 Å². The third-order valence-corrected chi connectivity index (χ3v) is 2.46. The van der Waals surface area contributed by atoms with Gasteiger partial charge in [-0.3, -0.25) is 0 Å². The zero-order chi connectivity index (χ0) is 12.7. The zero-order valence-electron chi connectivity index (χ0n) is 9.36. The Morgan fingerprint density at radius 1 is 1.33 bits per heavy atom. The third kappa shape index (κ3) is 1.61. The molecule has 0 spiro atoms. The lowest BCUT2D eigenvalue weighted by Gasteiger charge is -1.95. The summed E-state index contributed by atoms with van der Waals surface area (Å²) >= 11 is 0. The van der Waals surface area contributed by atoms with Gasteiger partial charge in [0.1, 0.15) is 5.65 Å². The lowest BCUT2D eigenvalue weighted by atomic mass is 10.3. The molecule has 0 amide bonds. The molecular formula is C11H8N4O3. The maximum absolute atomic E-state index is 10.8. The monoisotopic (exact) mass is 244 g/mol. The van der Waals surface area contributed by atoms with E-state index >= 15 is 0 Å². The van der Waals surface area contributed by atoms with E-state index in [0.717, 1.165) is 5.56 Å². The molecule has 1 N–H and O–H groups in total. The zero-order valence-corrected chi connectivity index (χ0v) is 9.36. The van der Waals surface area contributed by atoms with E-state index in [4.69, 9.17) is 9.63 Å². The van der Waals surface area contributed by atoms with E-state index in [0.29, 0.717) is 17.4 Å². The first-order valence-electron chi connectivity index (χ1n) is 5.16. The van der Waals surface area contributed by atoms with Crippen molar-refractivity contribution in [1.29, 1.82) is 0 Å². The molecule has 7 heteroatoms. The van der Waals surface area contributed by atoms with Crippen LogP contribution >= 0.6 is 0 Å². The first-order valence-corrected chi connectivity index (χ1v) is 5.16. The van der Waals surface area contributed by atoms with E-state index in [1.165, 1.54) is 6.20 Å². The minimum atomic E-state index is -1.06. The topological polar surface area (TPSA) is 93.5 Å². The molecule has 0 aliphatic carbocycles. The van der Waals surface area contributed by atoms with Crippen molar-refractivity contribution in [3.8, 4) is 11.4 Å². The molecule has 0 unspecified atom stereocenters. The second-order valence-electron chi connectivity index (χ2n) is 3.75. The second kappa shape index (κ2) is 3.66. The summed E-state index contributed by atoms with van der Waals surface area (Å²) in [7, 11) is 0. The van der Waals surface area contributed by atoms with Crippen LogP contribution in [0.25, 0.3) is 17.0 Å². The predicted octanol–water partition coefficient (Wildman–Crippen LogP) is 1.39. The van der Waals surface area contributed by atoms with Crippen LogP contribution in [-0.4, -0.2) is 30.6 Å². The van der Waals surface area contributed by atoms with E-state index in [9.17, 15) is 4.79 Å². The summed E-state index contributed by atoms with van der Waals surface area (Å²) in [5, 5.41) is 12.7. The van der Waals surface area contributed by atoms with Crippen LogP contribution in [0, 0.1) is 6.92 Å². The highest BCUT2D eigenvalue weighted by molar-refractivity contribution is 5.86. The summed E-state index contributed by atoms with van der Waals surface area (Å²) in [6.07, 6.45) is 3.15. The van der Waals surface area contributed by atoms with E-state index in [1.54, 1.807) is 29.7 Å². The number of aryl methyl sites for hydroxylation is 1. The molecule has 7 nitrogen and oxygen atoms in total. The molecule has 0 saturated heterocycles. The molecule has 90 valence electrons. The number of nitrogens with zero attached hydrogens (tertiary/aromatic N) is 4. The number of carboxylic acids is 1. The van der Waals surface area contributed by atoms with Crippen molar-refractivity contribution in [3.63, 3.8) is 0 Å². The Kier molecular flexibility index (Phi) is 2.12. The van der Waals surface area contributed by atoms with Gasteiger partial charge in [0.2, 0.25) is 11.7 Å². The Morgan fingerprint density at radius 3 is 2.83 bits per heavy atom. The van der Waals surface area contributed by atoms with Crippen molar-refractivity contribution >= 4 is 11.6 Å². The molecule has 18 heavy (non-hydrogen) atoms. The van der Waals surface area contributed by atoms with Crippen LogP contribution in [0.4, 0.5) is 0 Å². The van der Waals surface area contributed by atoms with Gasteiger partial charge in [0.15, 0.2) is 5.69 Å². The Morgan fingerprint density at radius 2 is 2.17 bits per heavy atom. The van der Waals surface area contributed by atoms with E-state index in [1.807, 2.05) is 0 Å². The SMILES string of the molecule is Cc1nc(-c2ccc3nc(C(=O)O)cn3c2)no1. The van der Waals surface area contributed by atoms with Crippen molar-refractivity contribution in [1.82, 2.24) is 19.5 Å². The van der Waals surface area contributed by atoms with E-state index < -0.39 is 5.97 Å². The van der Waals surface area contributed by atoms with Crippen LogP contribution in [0.5, 0.6) is 0 Å². The number of carboxylic acid groups (broad SMARTS) is 1. The van der Waals surface area contributed by atoms with Crippen LogP contribution in [0.1, 0.15) is 16.4 Å². The maximum atomic E-state index is 10.8. The molecule has 0 aromatic carbocycles. The molecule has 3 aromatic heterocycles. The van der Waals surface area contributed by atoms with Crippen LogP contribution in [0.3, 0.4) is 0 Å². The summed E-state index contributed by atoms with van der Waals surface area (Å²) in [5.74, 6) is -0.127. The number of rotatable bonds is 2. The van der Waals surface area contributed by atoms with Crippen molar-refractivity contribution in [3.05, 3.63) is 36.1 Å². The van der Waals surface area contributed by atoms with Gasteiger partial charge in [-0.25, -0.2) is 9.78 Å². The first-order chi connectivity index (χ1) is 8.63. The minimum Gasteiger partial charge on any atom is -0.476 e. The summed E-state index contributed by atoms with van der Waals surface area (Å²) in [6, 6.07) is 3.46. The van der Waals surface area contributed by atoms with Gasteiger partial charge >= 0.3 is 5.97 Å². The molecule has 0 aliphatic heterocycles. The van der Waals surface area contributed by atoms with Crippen molar-refractivity contribution in [2.75, 3.05) is 0 Å². The normalized spacial score (nSPS) is 10.9. The summed E-state index contributed by atoms with van der Waals surface area (Å²) in [5.41, 5.74) is 1.28. The van der Waals surface area contributed by atoms with Gasteiger partial charge in [0.25, 0.3) is 0 Å². The summed E-state index contributed by atoms with van der Waals surface area (Å²) in [6.45, 7) is 1.70. The Labute approximate surface area is 101 Å². The number of carbonyl (C=O) groups is 1. The number of imidazole rings is 1. The molecule has 0 saturated carbocycles. The van der Waals surface area contributed by atoms with Crippen molar-refractivity contribution in [2.24, 2.45) is 0 Å². The number of fused-ring (bicyclic) bond motifs is 1. The summed E-state index contributed by atoms with van der Waals surface area (Å²) in [4.78, 5) is 18.9. The lowest BCUT2D eigenvalue weighted by molar-refractivity contribution is 0.0691. The van der Waals surface area contributed by atoms with Gasteiger partial charge in [0.05, 0.1) is 0 Å². The predicted molar refractivity (Wildman–Crippen MR) is 60.2 cm³/mol. The highest BCUT2D eigenvalue weighted by atomic mass is 16.5. The van der Waals surface area contributed by atoms with Crippen LogP contribution in [0.2, 0.25) is 0 Å². The molecule has 3 rings (SSSR count). The molecule has 3 aromatic rings. The van der Waals surface area contributed by atoms with Gasteiger partial charge in [-0.05, 0) is 12.1 Å². The fraction of sp³-hybridized carbons (Fsp3) is 0.0909. The van der Waals surface area contributed by atoms with Crippen LogP contribution in [0.15, 0.2) is 29.0 Å². The molecule has 0 radical (unpaired) electrons. The fourth-order valence-corrected chi connectivity index (χ4v) is 1.64. The number of aromatic nitrogens is 4. The number of pyridine rings is 1. The number of hydrogen-bond donors (Lipinski definition) is 1. The standard InChI is InChI=1S/C11H8N4O3/c1-6-12-10(14-18-6)7-2-3-9-13-8(11(16)17)5-15(9)4-7/h2-5H,1H3,(H,16,17). The van der Waals surface area contributed by atoms with Crippen LogP contribution < -0.4 is 0 Å². The smallest absolute Gasteiger partial charge is 0.356 e. The van der Waals surface area contributed by atoms with Crippen LogP contribution in [-0.2, 0) is 0 Å². The Bertz CT molecular complexity index is 744. The fourth-order valence-electron chi connectivity index (χ4n) is 1.64. The maximum Gasteiger partial charge on any atom is 0.356 e. The average Bonchev–Trinajstić information content (AvgIpc) is 2.93. The van der Waals surface area contributed by atoms with Crippen molar-refractivity contribution < 1.29 is 14.4 Å². The highest BCUT2D eigenvalue weighted by Gasteiger charge is 2.11. The Balaban J connectivity index is 2.13. The number of aromatic carboxylic acids is 1. The first kappa shape index (κ1) is 10.5.